The molecule has 0 aromatic heterocycles. The number of nitrogens with one attached hydrogen (secondary N) is 1. The Morgan fingerprint density at radius 1 is 1.15 bits per heavy atom. The van der Waals surface area contributed by atoms with Crippen LogP contribution in [0.25, 0.3) is 0 Å². The van der Waals surface area contributed by atoms with Crippen LogP contribution >= 0.6 is 23.5 Å². The van der Waals surface area contributed by atoms with E-state index >= 15 is 0 Å². The molecule has 0 bridgehead atoms. The summed E-state index contributed by atoms with van der Waals surface area (Å²) >= 11 is 4.23. The second-order valence-electron chi connectivity index (χ2n) is 4.20. The van der Waals surface area contributed by atoms with Crippen LogP contribution in [0, 0.1) is 5.92 Å². The van der Waals surface area contributed by atoms with E-state index in [1.54, 1.807) is 0 Å². The molecule has 2 heterocycles. The molecule has 0 aromatic rings. The van der Waals surface area contributed by atoms with E-state index in [9.17, 15) is 0 Å². The normalized spacial score (nSPS) is 40.8. The smallest absolute Gasteiger partial charge is 0.0194 e. The molecule has 3 unspecified atom stereocenters. The molecule has 2 rings (SSSR count). The molecule has 3 atom stereocenters. The molecule has 0 saturated carbocycles. The van der Waals surface area contributed by atoms with Gasteiger partial charge in [0, 0.05) is 23.6 Å². The molecule has 0 aromatic carbocycles. The summed E-state index contributed by atoms with van der Waals surface area (Å²) in [7, 11) is 0. The third-order valence-electron chi connectivity index (χ3n) is 2.98. The molecular weight excluding hydrogens is 198 g/mol. The van der Waals surface area contributed by atoms with Crippen LogP contribution in [0.2, 0.25) is 0 Å². The zero-order valence-corrected chi connectivity index (χ0v) is 9.92. The molecule has 2 fully saturated rings. The van der Waals surface area contributed by atoms with E-state index in [-0.39, 0.29) is 0 Å². The molecule has 0 amide bonds. The quantitative estimate of drug-likeness (QED) is 0.762. The van der Waals surface area contributed by atoms with Crippen LogP contribution in [0.1, 0.15) is 19.8 Å². The summed E-state index contributed by atoms with van der Waals surface area (Å²) in [5, 5.41) is 3.83. The monoisotopic (exact) mass is 217 g/mol. The first-order valence-electron chi connectivity index (χ1n) is 5.28. The fourth-order valence-corrected chi connectivity index (χ4v) is 4.55. The van der Waals surface area contributed by atoms with E-state index in [0.29, 0.717) is 0 Å². The summed E-state index contributed by atoms with van der Waals surface area (Å²) in [6, 6.07) is 1.61. The van der Waals surface area contributed by atoms with E-state index in [0.717, 1.165) is 18.0 Å². The Labute approximate surface area is 89.8 Å². The van der Waals surface area contributed by atoms with Crippen LogP contribution in [0.15, 0.2) is 0 Å². The minimum absolute atomic E-state index is 0.800. The lowest BCUT2D eigenvalue weighted by Gasteiger charge is -2.27. The van der Waals surface area contributed by atoms with Gasteiger partial charge in [-0.1, -0.05) is 6.92 Å². The minimum Gasteiger partial charge on any atom is -0.309 e. The lowest BCUT2D eigenvalue weighted by molar-refractivity contribution is 0.390. The molecular formula is C10H19NS2. The Balaban J connectivity index is 1.75. The first-order valence-corrected chi connectivity index (χ1v) is 7.59. The van der Waals surface area contributed by atoms with Crippen LogP contribution in [0.5, 0.6) is 0 Å². The van der Waals surface area contributed by atoms with Crippen molar-refractivity contribution in [3.05, 3.63) is 0 Å². The van der Waals surface area contributed by atoms with Gasteiger partial charge in [0.1, 0.15) is 0 Å². The zero-order valence-electron chi connectivity index (χ0n) is 8.29. The van der Waals surface area contributed by atoms with Gasteiger partial charge in [-0.3, -0.25) is 0 Å². The van der Waals surface area contributed by atoms with Gasteiger partial charge in [0.2, 0.25) is 0 Å². The topological polar surface area (TPSA) is 12.0 Å². The molecule has 0 spiro atoms. The Morgan fingerprint density at radius 2 is 2.08 bits per heavy atom. The maximum absolute atomic E-state index is 3.83. The summed E-state index contributed by atoms with van der Waals surface area (Å²) in [5.74, 6) is 6.30. The van der Waals surface area contributed by atoms with Crippen molar-refractivity contribution >= 4 is 23.5 Å². The van der Waals surface area contributed by atoms with E-state index in [4.69, 9.17) is 0 Å². The maximum Gasteiger partial charge on any atom is 0.0194 e. The summed E-state index contributed by atoms with van der Waals surface area (Å²) < 4.78 is 0. The number of hydrogen-bond acceptors (Lipinski definition) is 3. The Hall–Kier alpha value is 0.660. The Bertz CT molecular complexity index is 157. The van der Waals surface area contributed by atoms with Gasteiger partial charge in [-0.25, -0.2) is 0 Å². The predicted molar refractivity (Wildman–Crippen MR) is 63.8 cm³/mol. The van der Waals surface area contributed by atoms with Crippen molar-refractivity contribution in [3.8, 4) is 0 Å². The number of thioether (sulfide) groups is 2. The van der Waals surface area contributed by atoms with Crippen LogP contribution in [0.4, 0.5) is 0 Å². The van der Waals surface area contributed by atoms with E-state index in [1.165, 1.54) is 35.9 Å². The molecule has 0 aliphatic carbocycles. The molecule has 0 radical (unpaired) electrons. The maximum atomic E-state index is 3.83. The molecule has 76 valence electrons. The van der Waals surface area contributed by atoms with Crippen LogP contribution in [-0.4, -0.2) is 35.1 Å². The first-order chi connectivity index (χ1) is 6.36. The number of rotatable bonds is 2. The minimum atomic E-state index is 0.800. The molecule has 3 heteroatoms. The van der Waals surface area contributed by atoms with E-state index in [1.807, 2.05) is 0 Å². The van der Waals surface area contributed by atoms with Crippen molar-refractivity contribution < 1.29 is 0 Å². The van der Waals surface area contributed by atoms with Crippen LogP contribution < -0.4 is 5.32 Å². The Kier molecular flexibility index (Phi) is 3.87. The average Bonchev–Trinajstić information content (AvgIpc) is 2.54. The van der Waals surface area contributed by atoms with E-state index < -0.39 is 0 Å². The van der Waals surface area contributed by atoms with Gasteiger partial charge >= 0.3 is 0 Å². The first kappa shape index (κ1) is 10.2. The molecule has 1 N–H and O–H groups in total. The SMILES string of the molecule is CC1CSCC1NC1CCCSC1. The summed E-state index contributed by atoms with van der Waals surface area (Å²) in [5.41, 5.74) is 0. The second kappa shape index (κ2) is 4.94. The van der Waals surface area contributed by atoms with Gasteiger partial charge in [-0.15, -0.1) is 0 Å². The second-order valence-corrected chi connectivity index (χ2v) is 6.43. The third-order valence-corrected chi connectivity index (χ3v) is 5.55. The van der Waals surface area contributed by atoms with Gasteiger partial charge in [-0.05, 0) is 30.3 Å². The molecule has 2 aliphatic rings. The highest BCUT2D eigenvalue weighted by Gasteiger charge is 2.26. The molecule has 2 aliphatic heterocycles. The lowest BCUT2D eigenvalue weighted by atomic mass is 10.0. The molecule has 2 saturated heterocycles. The van der Waals surface area contributed by atoms with Gasteiger partial charge in [-0.2, -0.15) is 23.5 Å². The highest BCUT2D eigenvalue weighted by molar-refractivity contribution is 7.99. The highest BCUT2D eigenvalue weighted by atomic mass is 32.2. The van der Waals surface area contributed by atoms with Crippen molar-refractivity contribution in [2.45, 2.75) is 31.8 Å². The third kappa shape index (κ3) is 2.80. The van der Waals surface area contributed by atoms with Gasteiger partial charge in [0.25, 0.3) is 0 Å². The largest absolute Gasteiger partial charge is 0.309 e. The fraction of sp³-hybridized carbons (Fsp3) is 1.00. The van der Waals surface area contributed by atoms with Crippen molar-refractivity contribution in [1.29, 1.82) is 0 Å². The average molecular weight is 217 g/mol. The van der Waals surface area contributed by atoms with E-state index in [2.05, 4.69) is 35.8 Å². The van der Waals surface area contributed by atoms with Crippen LogP contribution in [0.3, 0.4) is 0 Å². The van der Waals surface area contributed by atoms with Gasteiger partial charge in [0.15, 0.2) is 0 Å². The summed E-state index contributed by atoms with van der Waals surface area (Å²) in [6.07, 6.45) is 2.82. The summed E-state index contributed by atoms with van der Waals surface area (Å²) in [4.78, 5) is 0. The molecule has 13 heavy (non-hydrogen) atoms. The van der Waals surface area contributed by atoms with Crippen molar-refractivity contribution in [1.82, 2.24) is 5.32 Å². The fourth-order valence-electron chi connectivity index (χ4n) is 2.05. The van der Waals surface area contributed by atoms with Gasteiger partial charge < -0.3 is 5.32 Å². The summed E-state index contributed by atoms with van der Waals surface area (Å²) in [6.45, 7) is 2.38. The van der Waals surface area contributed by atoms with Crippen molar-refractivity contribution in [2.75, 3.05) is 23.0 Å². The standard InChI is InChI=1S/C10H19NS2/c1-8-5-13-7-10(8)11-9-3-2-4-12-6-9/h8-11H,2-7H2,1H3. The molecule has 1 nitrogen and oxygen atoms in total. The van der Waals surface area contributed by atoms with Crippen LogP contribution in [-0.2, 0) is 0 Å². The number of hydrogen-bond donors (Lipinski definition) is 1. The zero-order chi connectivity index (χ0) is 9.10. The highest BCUT2D eigenvalue weighted by Crippen LogP contribution is 2.25. The Morgan fingerprint density at radius 3 is 2.69 bits per heavy atom. The van der Waals surface area contributed by atoms with Crippen molar-refractivity contribution in [2.24, 2.45) is 5.92 Å². The van der Waals surface area contributed by atoms with Gasteiger partial charge in [0.05, 0.1) is 0 Å². The predicted octanol–water partition coefficient (Wildman–Crippen LogP) is 2.22. The lowest BCUT2D eigenvalue weighted by Crippen LogP contribution is -2.44. The van der Waals surface area contributed by atoms with Crippen molar-refractivity contribution in [3.63, 3.8) is 0 Å².